The fraction of sp³-hybridized carbons (Fsp3) is 0.0769. The van der Waals surface area contributed by atoms with Gasteiger partial charge in [-0.25, -0.2) is 4.39 Å². The van der Waals surface area contributed by atoms with Crippen LogP contribution in [0.4, 0.5) is 4.39 Å². The molecule has 0 bridgehead atoms. The lowest BCUT2D eigenvalue weighted by molar-refractivity contribution is 0.441. The number of nitrogens with zero attached hydrogens (tertiary/aromatic N) is 3. The summed E-state index contributed by atoms with van der Waals surface area (Å²) < 4.78 is 26.7. The van der Waals surface area contributed by atoms with E-state index in [1.54, 1.807) is 30.5 Å². The van der Waals surface area contributed by atoms with Crippen LogP contribution in [0.2, 0.25) is 0 Å². The Hall–Kier alpha value is -2.12. The SMILES string of the molecule is [O-][S+](Cc1ccc(F)cc1)c1nnc(O)c2cccn12. The molecule has 0 saturated heterocycles. The van der Waals surface area contributed by atoms with Crippen LogP contribution in [0.25, 0.3) is 5.52 Å². The quantitative estimate of drug-likeness (QED) is 0.748. The van der Waals surface area contributed by atoms with Crippen molar-refractivity contribution in [3.8, 4) is 5.88 Å². The smallest absolute Gasteiger partial charge is 0.347 e. The van der Waals surface area contributed by atoms with Gasteiger partial charge in [-0.2, -0.15) is 0 Å². The molecule has 0 aliphatic rings. The van der Waals surface area contributed by atoms with Crippen molar-refractivity contribution < 1.29 is 14.0 Å². The maximum atomic E-state index is 12.8. The lowest BCUT2D eigenvalue weighted by atomic mass is 10.2. The van der Waals surface area contributed by atoms with Gasteiger partial charge in [-0.05, 0) is 24.3 Å². The van der Waals surface area contributed by atoms with E-state index in [1.807, 2.05) is 0 Å². The minimum Gasteiger partial charge on any atom is -0.609 e. The Labute approximate surface area is 116 Å². The molecule has 0 amide bonds. The third-order valence-corrected chi connectivity index (χ3v) is 4.11. The average Bonchev–Trinajstić information content (AvgIpc) is 2.92. The highest BCUT2D eigenvalue weighted by Gasteiger charge is 2.20. The molecule has 0 aliphatic carbocycles. The van der Waals surface area contributed by atoms with Crippen LogP contribution < -0.4 is 0 Å². The van der Waals surface area contributed by atoms with Crippen molar-refractivity contribution in [2.24, 2.45) is 0 Å². The molecule has 0 saturated carbocycles. The fourth-order valence-corrected chi connectivity index (χ4v) is 3.01. The Morgan fingerprint density at radius 1 is 1.20 bits per heavy atom. The molecule has 0 spiro atoms. The number of aromatic hydroxyl groups is 1. The third kappa shape index (κ3) is 2.33. The van der Waals surface area contributed by atoms with Gasteiger partial charge in [-0.15, -0.1) is 5.10 Å². The van der Waals surface area contributed by atoms with Gasteiger partial charge in [-0.1, -0.05) is 17.2 Å². The predicted molar refractivity (Wildman–Crippen MR) is 71.2 cm³/mol. The molecule has 1 atom stereocenters. The first-order valence-corrected chi connectivity index (χ1v) is 7.12. The summed E-state index contributed by atoms with van der Waals surface area (Å²) in [5, 5.41) is 17.2. The number of aromatic nitrogens is 3. The summed E-state index contributed by atoms with van der Waals surface area (Å²) in [6, 6.07) is 9.15. The average molecular weight is 291 g/mol. The highest BCUT2D eigenvalue weighted by atomic mass is 32.2. The predicted octanol–water partition coefficient (Wildman–Crippen LogP) is 1.88. The van der Waals surface area contributed by atoms with Crippen LogP contribution in [0.5, 0.6) is 5.88 Å². The second-order valence-corrected chi connectivity index (χ2v) is 5.53. The van der Waals surface area contributed by atoms with Crippen LogP contribution in [0, 0.1) is 5.82 Å². The number of hydrogen-bond acceptors (Lipinski definition) is 4. The van der Waals surface area contributed by atoms with E-state index in [2.05, 4.69) is 10.2 Å². The van der Waals surface area contributed by atoms with Gasteiger partial charge in [0.15, 0.2) is 0 Å². The van der Waals surface area contributed by atoms with E-state index in [4.69, 9.17) is 0 Å². The van der Waals surface area contributed by atoms with Gasteiger partial charge < -0.3 is 9.66 Å². The van der Waals surface area contributed by atoms with Crippen LogP contribution in [-0.2, 0) is 16.9 Å². The number of rotatable bonds is 3. The van der Waals surface area contributed by atoms with Crippen LogP contribution in [0.3, 0.4) is 0 Å². The second-order valence-electron chi connectivity index (χ2n) is 4.19. The van der Waals surface area contributed by atoms with E-state index in [0.29, 0.717) is 5.52 Å². The highest BCUT2D eigenvalue weighted by molar-refractivity contribution is 7.90. The summed E-state index contributed by atoms with van der Waals surface area (Å²) in [7, 11) is 0. The molecule has 7 heteroatoms. The lowest BCUT2D eigenvalue weighted by Gasteiger charge is -2.10. The van der Waals surface area contributed by atoms with Gasteiger partial charge in [0.2, 0.25) is 0 Å². The van der Waals surface area contributed by atoms with Crippen molar-refractivity contribution in [1.82, 2.24) is 14.6 Å². The van der Waals surface area contributed by atoms with Crippen LogP contribution in [0.15, 0.2) is 47.8 Å². The first-order valence-electron chi connectivity index (χ1n) is 5.80. The third-order valence-electron chi connectivity index (χ3n) is 2.83. The molecule has 0 fully saturated rings. The van der Waals surface area contributed by atoms with Crippen LogP contribution in [0.1, 0.15) is 5.56 Å². The molecule has 2 aromatic heterocycles. The van der Waals surface area contributed by atoms with Crippen molar-refractivity contribution in [3.63, 3.8) is 0 Å². The van der Waals surface area contributed by atoms with Gasteiger partial charge in [0, 0.05) is 22.9 Å². The minimum atomic E-state index is -1.45. The summed E-state index contributed by atoms with van der Waals surface area (Å²) >= 11 is -1.45. The van der Waals surface area contributed by atoms with Gasteiger partial charge in [0.25, 0.3) is 5.88 Å². The summed E-state index contributed by atoms with van der Waals surface area (Å²) in [4.78, 5) is 0. The Morgan fingerprint density at radius 2 is 1.95 bits per heavy atom. The van der Waals surface area contributed by atoms with Crippen molar-refractivity contribution in [3.05, 3.63) is 54.0 Å². The van der Waals surface area contributed by atoms with E-state index in [9.17, 15) is 14.0 Å². The Bertz CT molecular complexity index is 745. The molecule has 5 nitrogen and oxygen atoms in total. The molecular weight excluding hydrogens is 281 g/mol. The van der Waals surface area contributed by atoms with E-state index in [0.717, 1.165) is 5.56 Å². The van der Waals surface area contributed by atoms with Crippen LogP contribution in [-0.4, -0.2) is 24.3 Å². The molecular formula is C13H10FN3O2S. The van der Waals surface area contributed by atoms with Crippen molar-refractivity contribution in [2.45, 2.75) is 10.9 Å². The molecule has 1 aromatic carbocycles. The lowest BCUT2D eigenvalue weighted by Crippen LogP contribution is -2.13. The normalized spacial score (nSPS) is 12.7. The Kier molecular flexibility index (Phi) is 3.29. The zero-order chi connectivity index (χ0) is 14.1. The van der Waals surface area contributed by atoms with E-state index >= 15 is 0 Å². The molecule has 3 rings (SSSR count). The molecule has 3 aromatic rings. The summed E-state index contributed by atoms with van der Waals surface area (Å²) in [6.45, 7) is 0. The standard InChI is InChI=1S/C13H10FN3O2S/c14-10-5-3-9(4-6-10)8-20(19)13-16-15-12(18)11-2-1-7-17(11)13/h1-7H,8H2,(H,15,18). The first kappa shape index (κ1) is 12.9. The summed E-state index contributed by atoms with van der Waals surface area (Å²) in [5.41, 5.74) is 1.18. The van der Waals surface area contributed by atoms with Crippen molar-refractivity contribution >= 4 is 16.7 Å². The van der Waals surface area contributed by atoms with E-state index < -0.39 is 11.2 Å². The van der Waals surface area contributed by atoms with Gasteiger partial charge >= 0.3 is 5.16 Å². The minimum absolute atomic E-state index is 0.201. The first-order chi connectivity index (χ1) is 9.65. The van der Waals surface area contributed by atoms with Gasteiger partial charge in [0.05, 0.1) is 0 Å². The number of halogens is 1. The number of hydrogen-bond donors (Lipinski definition) is 1. The van der Waals surface area contributed by atoms with Gasteiger partial charge in [0.1, 0.15) is 17.1 Å². The second kappa shape index (κ2) is 5.10. The molecule has 0 aliphatic heterocycles. The fourth-order valence-electron chi connectivity index (χ4n) is 1.87. The molecule has 1 unspecified atom stereocenters. The molecule has 2 heterocycles. The van der Waals surface area contributed by atoms with E-state index in [1.165, 1.54) is 16.5 Å². The zero-order valence-electron chi connectivity index (χ0n) is 10.2. The summed E-state index contributed by atoms with van der Waals surface area (Å²) in [6.07, 6.45) is 1.65. The van der Waals surface area contributed by atoms with E-state index in [-0.39, 0.29) is 22.6 Å². The monoisotopic (exact) mass is 291 g/mol. The Morgan fingerprint density at radius 3 is 2.70 bits per heavy atom. The van der Waals surface area contributed by atoms with Crippen molar-refractivity contribution in [2.75, 3.05) is 0 Å². The zero-order valence-corrected chi connectivity index (χ0v) is 11.0. The largest absolute Gasteiger partial charge is 0.609 e. The Balaban J connectivity index is 1.92. The van der Waals surface area contributed by atoms with Crippen molar-refractivity contribution in [1.29, 1.82) is 0 Å². The maximum absolute atomic E-state index is 12.8. The molecule has 20 heavy (non-hydrogen) atoms. The van der Waals surface area contributed by atoms with Gasteiger partial charge in [-0.3, -0.25) is 4.40 Å². The molecule has 102 valence electrons. The number of fused-ring (bicyclic) bond motifs is 1. The molecule has 1 N–H and O–H groups in total. The maximum Gasteiger partial charge on any atom is 0.347 e. The topological polar surface area (TPSA) is 73.5 Å². The van der Waals surface area contributed by atoms with Crippen LogP contribution >= 0.6 is 0 Å². The highest BCUT2D eigenvalue weighted by Crippen LogP contribution is 2.20. The number of benzene rings is 1. The summed E-state index contributed by atoms with van der Waals surface area (Å²) in [5.74, 6) is -0.346. The molecule has 0 radical (unpaired) electrons.